The second kappa shape index (κ2) is 8.32. The van der Waals surface area contributed by atoms with Crippen molar-refractivity contribution in [3.8, 4) is 0 Å². The van der Waals surface area contributed by atoms with Gasteiger partial charge in [-0.1, -0.05) is 0 Å². The van der Waals surface area contributed by atoms with Crippen LogP contribution in [0.15, 0.2) is 36.7 Å². The molecule has 0 radical (unpaired) electrons. The zero-order valence-electron chi connectivity index (χ0n) is 16.5. The number of carbonyl (C=O) groups excluding carboxylic acids is 2. The summed E-state index contributed by atoms with van der Waals surface area (Å²) in [4.78, 5) is 27.5. The number of benzene rings is 1. The molecule has 2 saturated heterocycles. The lowest BCUT2D eigenvalue weighted by Crippen LogP contribution is -2.45. The van der Waals surface area contributed by atoms with E-state index in [0.29, 0.717) is 38.2 Å². The summed E-state index contributed by atoms with van der Waals surface area (Å²) in [5, 5.41) is 10.4. The molecule has 2 aliphatic heterocycles. The van der Waals surface area contributed by atoms with E-state index in [1.165, 1.54) is 12.1 Å². The molecule has 4 rings (SSSR count). The standard InChI is InChI=1S/C21H26FN5O2/c1-26-13-15(10-24-26)18-11-23-12-19(18)21(29)27-8-6-14(7-9-27)20(28)25-17-4-2-16(22)3-5-17/h2-5,10,13-14,18-19,23H,6-9,11-12H2,1H3,(H,25,28)/t18-,19+/m1/s1. The largest absolute Gasteiger partial charge is 0.342 e. The minimum atomic E-state index is -0.333. The van der Waals surface area contributed by atoms with Gasteiger partial charge >= 0.3 is 0 Å². The minimum Gasteiger partial charge on any atom is -0.342 e. The second-order valence-corrected chi connectivity index (χ2v) is 7.91. The van der Waals surface area contributed by atoms with Crippen LogP contribution < -0.4 is 10.6 Å². The molecule has 0 bridgehead atoms. The van der Waals surface area contributed by atoms with Crippen LogP contribution in [0, 0.1) is 17.7 Å². The third-order valence-corrected chi connectivity index (χ3v) is 5.97. The average molecular weight is 399 g/mol. The maximum absolute atomic E-state index is 13.1. The molecular weight excluding hydrogens is 373 g/mol. The number of rotatable bonds is 4. The van der Waals surface area contributed by atoms with Crippen molar-refractivity contribution in [1.82, 2.24) is 20.0 Å². The van der Waals surface area contributed by atoms with Gasteiger partial charge in [-0.25, -0.2) is 4.39 Å². The molecule has 0 unspecified atom stereocenters. The zero-order chi connectivity index (χ0) is 20.4. The van der Waals surface area contributed by atoms with Crippen molar-refractivity contribution < 1.29 is 14.0 Å². The number of hydrogen-bond donors (Lipinski definition) is 2. The minimum absolute atomic E-state index is 0.0699. The van der Waals surface area contributed by atoms with Gasteiger partial charge in [0.05, 0.1) is 12.1 Å². The molecule has 7 nitrogen and oxygen atoms in total. The van der Waals surface area contributed by atoms with Crippen LogP contribution in [-0.2, 0) is 16.6 Å². The molecule has 3 heterocycles. The van der Waals surface area contributed by atoms with E-state index in [1.807, 2.05) is 24.3 Å². The lowest BCUT2D eigenvalue weighted by molar-refractivity contribution is -0.138. The molecule has 2 fully saturated rings. The monoisotopic (exact) mass is 399 g/mol. The highest BCUT2D eigenvalue weighted by atomic mass is 19.1. The number of piperidine rings is 1. The van der Waals surface area contributed by atoms with Crippen LogP contribution in [0.3, 0.4) is 0 Å². The summed E-state index contributed by atoms with van der Waals surface area (Å²) in [5.74, 6) is -0.346. The summed E-state index contributed by atoms with van der Waals surface area (Å²) in [6.45, 7) is 2.61. The van der Waals surface area contributed by atoms with Gasteiger partial charge in [0.25, 0.3) is 0 Å². The molecular formula is C21H26FN5O2. The predicted molar refractivity (Wildman–Crippen MR) is 107 cm³/mol. The van der Waals surface area contributed by atoms with Crippen LogP contribution in [0.1, 0.15) is 24.3 Å². The molecule has 2 amide bonds. The van der Waals surface area contributed by atoms with E-state index in [0.717, 1.165) is 12.1 Å². The van der Waals surface area contributed by atoms with Gasteiger partial charge in [0.2, 0.25) is 11.8 Å². The molecule has 2 atom stereocenters. The maximum atomic E-state index is 13.1. The van der Waals surface area contributed by atoms with Crippen LogP contribution in [0.2, 0.25) is 0 Å². The molecule has 0 spiro atoms. The Morgan fingerprint density at radius 1 is 1.17 bits per heavy atom. The normalized spacial score (nSPS) is 22.6. The Morgan fingerprint density at radius 3 is 2.55 bits per heavy atom. The molecule has 8 heteroatoms. The summed E-state index contributed by atoms with van der Waals surface area (Å²) in [7, 11) is 1.88. The number of anilines is 1. The van der Waals surface area contributed by atoms with Gasteiger partial charge in [-0.15, -0.1) is 0 Å². The first-order chi connectivity index (χ1) is 14.0. The van der Waals surface area contributed by atoms with Gasteiger partial charge in [0.15, 0.2) is 0 Å². The van der Waals surface area contributed by atoms with Crippen molar-refractivity contribution in [1.29, 1.82) is 0 Å². The van der Waals surface area contributed by atoms with E-state index in [-0.39, 0.29) is 35.4 Å². The molecule has 29 heavy (non-hydrogen) atoms. The first-order valence-electron chi connectivity index (χ1n) is 10.1. The first kappa shape index (κ1) is 19.6. The maximum Gasteiger partial charge on any atom is 0.227 e. The zero-order valence-corrected chi connectivity index (χ0v) is 16.5. The number of nitrogens with zero attached hydrogens (tertiary/aromatic N) is 3. The van der Waals surface area contributed by atoms with Crippen LogP contribution in [0.4, 0.5) is 10.1 Å². The third-order valence-electron chi connectivity index (χ3n) is 5.97. The molecule has 2 aliphatic rings. The number of hydrogen-bond acceptors (Lipinski definition) is 4. The van der Waals surface area contributed by atoms with Gasteiger partial charge in [0, 0.05) is 56.9 Å². The molecule has 2 aromatic rings. The number of halogens is 1. The Balaban J connectivity index is 1.32. The fourth-order valence-electron chi connectivity index (χ4n) is 4.29. The van der Waals surface area contributed by atoms with Gasteiger partial charge in [-0.2, -0.15) is 5.10 Å². The van der Waals surface area contributed by atoms with Crippen molar-refractivity contribution in [3.05, 3.63) is 48.0 Å². The Morgan fingerprint density at radius 2 is 1.90 bits per heavy atom. The van der Waals surface area contributed by atoms with Gasteiger partial charge in [-0.05, 0) is 42.7 Å². The number of aromatic nitrogens is 2. The highest BCUT2D eigenvalue weighted by Gasteiger charge is 2.38. The van der Waals surface area contributed by atoms with Crippen molar-refractivity contribution in [2.45, 2.75) is 18.8 Å². The highest BCUT2D eigenvalue weighted by molar-refractivity contribution is 5.92. The number of aryl methyl sites for hydroxylation is 1. The van der Waals surface area contributed by atoms with Crippen molar-refractivity contribution in [2.75, 3.05) is 31.5 Å². The first-order valence-corrected chi connectivity index (χ1v) is 10.1. The average Bonchev–Trinajstić information content (AvgIpc) is 3.38. The Bertz CT molecular complexity index is 873. The predicted octanol–water partition coefficient (Wildman–Crippen LogP) is 1.74. The highest BCUT2D eigenvalue weighted by Crippen LogP contribution is 2.31. The topological polar surface area (TPSA) is 79.3 Å². The molecule has 0 aliphatic carbocycles. The van der Waals surface area contributed by atoms with Crippen molar-refractivity contribution >= 4 is 17.5 Å². The van der Waals surface area contributed by atoms with Gasteiger partial charge in [0.1, 0.15) is 5.82 Å². The fourth-order valence-corrected chi connectivity index (χ4v) is 4.29. The quantitative estimate of drug-likeness (QED) is 0.821. The summed E-state index contributed by atoms with van der Waals surface area (Å²) in [6.07, 6.45) is 5.08. The van der Waals surface area contributed by atoms with E-state index in [2.05, 4.69) is 15.7 Å². The lowest BCUT2D eigenvalue weighted by Gasteiger charge is -2.34. The lowest BCUT2D eigenvalue weighted by atomic mass is 9.88. The van der Waals surface area contributed by atoms with E-state index in [1.54, 1.807) is 16.8 Å². The fraction of sp³-hybridized carbons (Fsp3) is 0.476. The number of likely N-dealkylation sites (tertiary alicyclic amines) is 1. The SMILES string of the molecule is Cn1cc([C@H]2CNC[C@@H]2C(=O)N2CCC(C(=O)Nc3ccc(F)cc3)CC2)cn1. The van der Waals surface area contributed by atoms with Crippen molar-refractivity contribution in [3.63, 3.8) is 0 Å². The van der Waals surface area contributed by atoms with Gasteiger partial charge < -0.3 is 15.5 Å². The van der Waals surface area contributed by atoms with Crippen LogP contribution in [-0.4, -0.2) is 52.7 Å². The molecule has 154 valence electrons. The summed E-state index contributed by atoms with van der Waals surface area (Å²) >= 11 is 0. The summed E-state index contributed by atoms with van der Waals surface area (Å²) < 4.78 is 14.8. The number of carbonyl (C=O) groups is 2. The molecule has 2 N–H and O–H groups in total. The Kier molecular flexibility index (Phi) is 5.62. The smallest absolute Gasteiger partial charge is 0.227 e. The van der Waals surface area contributed by atoms with E-state index < -0.39 is 0 Å². The molecule has 0 saturated carbocycles. The van der Waals surface area contributed by atoms with Crippen molar-refractivity contribution in [2.24, 2.45) is 18.9 Å². The van der Waals surface area contributed by atoms with E-state index in [9.17, 15) is 14.0 Å². The molecule has 1 aromatic heterocycles. The number of nitrogens with one attached hydrogen (secondary N) is 2. The van der Waals surface area contributed by atoms with Crippen LogP contribution >= 0.6 is 0 Å². The summed E-state index contributed by atoms with van der Waals surface area (Å²) in [5.41, 5.74) is 1.68. The van der Waals surface area contributed by atoms with E-state index in [4.69, 9.17) is 0 Å². The number of amides is 2. The third kappa shape index (κ3) is 4.32. The second-order valence-electron chi connectivity index (χ2n) is 7.91. The Labute approximate surface area is 169 Å². The Hall–Kier alpha value is -2.74. The molecule has 1 aromatic carbocycles. The van der Waals surface area contributed by atoms with Crippen LogP contribution in [0.5, 0.6) is 0 Å². The van der Waals surface area contributed by atoms with Gasteiger partial charge in [-0.3, -0.25) is 14.3 Å². The summed E-state index contributed by atoms with van der Waals surface area (Å²) in [6, 6.07) is 5.76. The van der Waals surface area contributed by atoms with Crippen LogP contribution in [0.25, 0.3) is 0 Å². The van der Waals surface area contributed by atoms with E-state index >= 15 is 0 Å².